The molecule has 0 aromatic rings. The van der Waals surface area contributed by atoms with Gasteiger partial charge < -0.3 is 15.4 Å². The van der Waals surface area contributed by atoms with Gasteiger partial charge in [-0.05, 0) is 24.3 Å². The largest absolute Gasteiger partial charge is 0.383 e. The maximum atomic E-state index is 5.95. The highest BCUT2D eigenvalue weighted by Gasteiger charge is 2.31. The summed E-state index contributed by atoms with van der Waals surface area (Å²) in [5.41, 5.74) is 6.38. The summed E-state index contributed by atoms with van der Waals surface area (Å²) < 4.78 is 5.06. The lowest BCUT2D eigenvalue weighted by Gasteiger charge is -2.27. The van der Waals surface area contributed by atoms with Crippen molar-refractivity contribution in [3.63, 3.8) is 0 Å². The van der Waals surface area contributed by atoms with E-state index in [9.17, 15) is 0 Å². The summed E-state index contributed by atoms with van der Waals surface area (Å²) in [6, 6.07) is 0.161. The number of methoxy groups -OCH3 is 1. The van der Waals surface area contributed by atoms with Crippen molar-refractivity contribution >= 4 is 0 Å². The van der Waals surface area contributed by atoms with E-state index in [0.29, 0.717) is 12.0 Å². The molecule has 1 fully saturated rings. The molecule has 0 aromatic heterocycles. The minimum atomic E-state index is 0.161. The molecule has 1 aliphatic heterocycles. The zero-order valence-corrected chi connectivity index (χ0v) is 10.6. The maximum Gasteiger partial charge on any atom is 0.0626 e. The van der Waals surface area contributed by atoms with Gasteiger partial charge in [0.1, 0.15) is 0 Å². The van der Waals surface area contributed by atoms with Crippen LogP contribution in [0.3, 0.4) is 0 Å². The van der Waals surface area contributed by atoms with Gasteiger partial charge in [-0.25, -0.2) is 0 Å². The van der Waals surface area contributed by atoms with Crippen molar-refractivity contribution in [3.8, 4) is 0 Å². The van der Waals surface area contributed by atoms with Crippen molar-refractivity contribution < 1.29 is 4.74 Å². The van der Waals surface area contributed by atoms with Gasteiger partial charge in [0.05, 0.1) is 6.61 Å². The standard InChI is InChI=1S/C12H26N2O/c1-12(2,3)10-5-6-14(7-10)8-11(13)9-15-4/h10-11H,5-9,13H2,1-4H3. The summed E-state index contributed by atoms with van der Waals surface area (Å²) in [6.07, 6.45) is 1.31. The smallest absolute Gasteiger partial charge is 0.0626 e. The Hall–Kier alpha value is -0.120. The molecule has 1 rings (SSSR count). The van der Waals surface area contributed by atoms with E-state index in [1.807, 2.05) is 0 Å². The third-order valence-electron chi connectivity index (χ3n) is 3.37. The average Bonchev–Trinajstić information content (AvgIpc) is 2.52. The summed E-state index contributed by atoms with van der Waals surface area (Å²) in [5, 5.41) is 0. The van der Waals surface area contributed by atoms with Gasteiger partial charge in [0, 0.05) is 26.2 Å². The first-order chi connectivity index (χ1) is 6.93. The third kappa shape index (κ3) is 4.09. The fraction of sp³-hybridized carbons (Fsp3) is 1.00. The molecule has 0 spiro atoms. The zero-order chi connectivity index (χ0) is 11.5. The second-order valence-corrected chi connectivity index (χ2v) is 5.83. The lowest BCUT2D eigenvalue weighted by atomic mass is 9.80. The van der Waals surface area contributed by atoms with Crippen LogP contribution in [0.4, 0.5) is 0 Å². The molecule has 2 atom stereocenters. The number of rotatable bonds is 4. The SMILES string of the molecule is COCC(N)CN1CCC(C(C)(C)C)C1. The van der Waals surface area contributed by atoms with Crippen LogP contribution in [0.2, 0.25) is 0 Å². The van der Waals surface area contributed by atoms with Crippen LogP contribution in [-0.2, 0) is 4.74 Å². The predicted octanol–water partition coefficient (Wildman–Crippen LogP) is 1.33. The van der Waals surface area contributed by atoms with E-state index < -0.39 is 0 Å². The highest BCUT2D eigenvalue weighted by molar-refractivity contribution is 4.85. The maximum absolute atomic E-state index is 5.95. The fourth-order valence-corrected chi connectivity index (χ4v) is 2.30. The van der Waals surface area contributed by atoms with Gasteiger partial charge in [-0.15, -0.1) is 0 Å². The van der Waals surface area contributed by atoms with Crippen molar-refractivity contribution in [2.75, 3.05) is 33.4 Å². The molecule has 0 aromatic carbocycles. The molecule has 1 saturated heterocycles. The summed E-state index contributed by atoms with van der Waals surface area (Å²) >= 11 is 0. The minimum absolute atomic E-state index is 0.161. The molecule has 15 heavy (non-hydrogen) atoms. The zero-order valence-electron chi connectivity index (χ0n) is 10.6. The first-order valence-corrected chi connectivity index (χ1v) is 5.90. The van der Waals surface area contributed by atoms with Crippen molar-refractivity contribution in [3.05, 3.63) is 0 Å². The molecule has 0 amide bonds. The van der Waals surface area contributed by atoms with Crippen molar-refractivity contribution in [1.82, 2.24) is 4.90 Å². The average molecular weight is 214 g/mol. The summed E-state index contributed by atoms with van der Waals surface area (Å²) in [7, 11) is 1.71. The summed E-state index contributed by atoms with van der Waals surface area (Å²) in [5.74, 6) is 0.812. The van der Waals surface area contributed by atoms with Crippen LogP contribution in [0, 0.1) is 11.3 Å². The molecule has 0 radical (unpaired) electrons. The minimum Gasteiger partial charge on any atom is -0.383 e. The fourth-order valence-electron chi connectivity index (χ4n) is 2.30. The van der Waals surface area contributed by atoms with Gasteiger partial charge in [0.2, 0.25) is 0 Å². The Kier molecular flexibility index (Phi) is 4.56. The lowest BCUT2D eigenvalue weighted by molar-refractivity contribution is 0.155. The monoisotopic (exact) mass is 214 g/mol. The molecule has 3 nitrogen and oxygen atoms in total. The predicted molar refractivity (Wildman–Crippen MR) is 63.9 cm³/mol. The van der Waals surface area contributed by atoms with Crippen molar-refractivity contribution in [2.24, 2.45) is 17.1 Å². The Bertz CT molecular complexity index is 189. The molecule has 0 saturated carbocycles. The third-order valence-corrected chi connectivity index (χ3v) is 3.37. The molecule has 2 unspecified atom stereocenters. The van der Waals surface area contributed by atoms with E-state index in [1.165, 1.54) is 19.5 Å². The van der Waals surface area contributed by atoms with Crippen LogP contribution in [0.1, 0.15) is 27.2 Å². The lowest BCUT2D eigenvalue weighted by Crippen LogP contribution is -2.39. The Labute approximate surface area is 94.0 Å². The van der Waals surface area contributed by atoms with Gasteiger partial charge in [0.25, 0.3) is 0 Å². The van der Waals surface area contributed by atoms with Crippen molar-refractivity contribution in [2.45, 2.75) is 33.2 Å². The molecular formula is C12H26N2O. The second kappa shape index (κ2) is 5.28. The molecule has 2 N–H and O–H groups in total. The Balaban J connectivity index is 2.30. The molecule has 0 aliphatic carbocycles. The van der Waals surface area contributed by atoms with E-state index in [1.54, 1.807) is 7.11 Å². The first-order valence-electron chi connectivity index (χ1n) is 5.90. The van der Waals surface area contributed by atoms with Gasteiger partial charge in [-0.3, -0.25) is 0 Å². The van der Waals surface area contributed by atoms with Gasteiger partial charge in [-0.2, -0.15) is 0 Å². The molecule has 1 aliphatic rings. The van der Waals surface area contributed by atoms with Crippen LogP contribution in [0.15, 0.2) is 0 Å². The highest BCUT2D eigenvalue weighted by Crippen LogP contribution is 2.33. The van der Waals surface area contributed by atoms with E-state index in [-0.39, 0.29) is 6.04 Å². The van der Waals surface area contributed by atoms with Crippen molar-refractivity contribution in [1.29, 1.82) is 0 Å². The molecule has 0 bridgehead atoms. The number of hydrogen-bond donors (Lipinski definition) is 1. The number of ether oxygens (including phenoxy) is 1. The van der Waals surface area contributed by atoms with Crippen LogP contribution >= 0.6 is 0 Å². The van der Waals surface area contributed by atoms with Crippen LogP contribution in [0.25, 0.3) is 0 Å². The summed E-state index contributed by atoms with van der Waals surface area (Å²) in [4.78, 5) is 2.47. The van der Waals surface area contributed by atoms with Gasteiger partial charge in [0.15, 0.2) is 0 Å². The molecular weight excluding hydrogens is 188 g/mol. The highest BCUT2D eigenvalue weighted by atomic mass is 16.5. The Morgan fingerprint density at radius 2 is 2.13 bits per heavy atom. The number of likely N-dealkylation sites (tertiary alicyclic amines) is 1. The quantitative estimate of drug-likeness (QED) is 0.767. The van der Waals surface area contributed by atoms with Gasteiger partial charge >= 0.3 is 0 Å². The second-order valence-electron chi connectivity index (χ2n) is 5.83. The van der Waals surface area contributed by atoms with E-state index in [4.69, 9.17) is 10.5 Å². The number of nitrogens with two attached hydrogens (primary N) is 1. The van der Waals surface area contributed by atoms with E-state index in [0.717, 1.165) is 12.5 Å². The number of hydrogen-bond acceptors (Lipinski definition) is 3. The normalized spacial score (nSPS) is 25.8. The first kappa shape index (κ1) is 12.9. The summed E-state index contributed by atoms with van der Waals surface area (Å²) in [6.45, 7) is 11.0. The van der Waals surface area contributed by atoms with E-state index >= 15 is 0 Å². The topological polar surface area (TPSA) is 38.5 Å². The van der Waals surface area contributed by atoms with Crippen LogP contribution < -0.4 is 5.73 Å². The van der Waals surface area contributed by atoms with Crippen LogP contribution in [0.5, 0.6) is 0 Å². The van der Waals surface area contributed by atoms with E-state index in [2.05, 4.69) is 25.7 Å². The molecule has 1 heterocycles. The molecule has 90 valence electrons. The molecule has 3 heteroatoms. The number of nitrogens with zero attached hydrogens (tertiary/aromatic N) is 1. The Morgan fingerprint density at radius 3 is 2.60 bits per heavy atom. The van der Waals surface area contributed by atoms with Gasteiger partial charge in [-0.1, -0.05) is 20.8 Å². The van der Waals surface area contributed by atoms with Crippen LogP contribution in [-0.4, -0.2) is 44.3 Å². The Morgan fingerprint density at radius 1 is 1.47 bits per heavy atom.